The van der Waals surface area contributed by atoms with Gasteiger partial charge in [0.1, 0.15) is 11.3 Å². The normalized spacial score (nSPS) is 16.4. The molecule has 8 heteroatoms. The number of amides is 1. The van der Waals surface area contributed by atoms with E-state index in [0.717, 1.165) is 42.7 Å². The van der Waals surface area contributed by atoms with Gasteiger partial charge in [0.2, 0.25) is 5.91 Å². The molecule has 4 heterocycles. The molecule has 3 aromatic heterocycles. The summed E-state index contributed by atoms with van der Waals surface area (Å²) in [7, 11) is 4.10. The zero-order chi connectivity index (χ0) is 18.3. The summed E-state index contributed by atoms with van der Waals surface area (Å²) in [6.45, 7) is 2.03. The number of pyridine rings is 1. The Kier molecular flexibility index (Phi) is 4.20. The van der Waals surface area contributed by atoms with E-state index in [1.165, 1.54) is 0 Å². The van der Waals surface area contributed by atoms with Crippen molar-refractivity contribution >= 4 is 16.9 Å². The van der Waals surface area contributed by atoms with Crippen molar-refractivity contribution in [1.29, 1.82) is 0 Å². The van der Waals surface area contributed by atoms with Crippen LogP contribution in [0.5, 0.6) is 0 Å². The second kappa shape index (κ2) is 6.53. The standard InChI is InChI=1S/C18H23N7O/c1-23-8-6-13(7-9-23)25-18(21-16(22-25)11-15(19)26)14-4-3-12-5-10-24(2)17(12)20-14/h3-5,10,13H,6-9,11H2,1-2H3,(H2,19,26). The number of rotatable bonds is 4. The van der Waals surface area contributed by atoms with Crippen LogP contribution in [0.15, 0.2) is 24.4 Å². The summed E-state index contributed by atoms with van der Waals surface area (Å²) in [5.41, 5.74) is 7.01. The van der Waals surface area contributed by atoms with Gasteiger partial charge in [0.15, 0.2) is 11.6 Å². The Bertz CT molecular complexity index is 950. The topological polar surface area (TPSA) is 94.9 Å². The van der Waals surface area contributed by atoms with Gasteiger partial charge >= 0.3 is 0 Å². The Morgan fingerprint density at radius 1 is 1.19 bits per heavy atom. The molecule has 1 aliphatic heterocycles. The number of fused-ring (bicyclic) bond motifs is 1. The van der Waals surface area contributed by atoms with Gasteiger partial charge in [-0.15, -0.1) is 0 Å². The lowest BCUT2D eigenvalue weighted by atomic mass is 10.1. The molecular formula is C18H23N7O. The fourth-order valence-corrected chi connectivity index (χ4v) is 3.53. The van der Waals surface area contributed by atoms with E-state index in [1.807, 2.05) is 40.7 Å². The van der Waals surface area contributed by atoms with Crippen LogP contribution in [0.2, 0.25) is 0 Å². The van der Waals surface area contributed by atoms with Crippen LogP contribution in [0.4, 0.5) is 0 Å². The van der Waals surface area contributed by atoms with Crippen LogP contribution in [-0.4, -0.2) is 55.3 Å². The number of carbonyl (C=O) groups is 1. The first kappa shape index (κ1) is 16.7. The SMILES string of the molecule is CN1CCC(n2nc(CC(N)=O)nc2-c2ccc3ccn(C)c3n2)CC1. The summed E-state index contributed by atoms with van der Waals surface area (Å²) in [6, 6.07) is 6.29. The van der Waals surface area contributed by atoms with Crippen molar-refractivity contribution in [1.82, 2.24) is 29.2 Å². The first-order chi connectivity index (χ1) is 12.5. The molecule has 8 nitrogen and oxygen atoms in total. The highest BCUT2D eigenvalue weighted by Gasteiger charge is 2.25. The first-order valence-corrected chi connectivity index (χ1v) is 8.86. The number of hydrogen-bond donors (Lipinski definition) is 1. The second-order valence-electron chi connectivity index (χ2n) is 7.01. The molecular weight excluding hydrogens is 330 g/mol. The van der Waals surface area contributed by atoms with Gasteiger partial charge in [0.25, 0.3) is 0 Å². The van der Waals surface area contributed by atoms with Crippen molar-refractivity contribution in [2.45, 2.75) is 25.3 Å². The Balaban J connectivity index is 1.78. The molecule has 3 aromatic rings. The van der Waals surface area contributed by atoms with Gasteiger partial charge in [0, 0.05) is 18.6 Å². The maximum absolute atomic E-state index is 11.3. The summed E-state index contributed by atoms with van der Waals surface area (Å²) in [5.74, 6) is 0.738. The molecule has 0 aromatic carbocycles. The van der Waals surface area contributed by atoms with E-state index in [-0.39, 0.29) is 12.5 Å². The molecule has 26 heavy (non-hydrogen) atoms. The van der Waals surface area contributed by atoms with Crippen LogP contribution in [0.3, 0.4) is 0 Å². The molecule has 0 bridgehead atoms. The first-order valence-electron chi connectivity index (χ1n) is 8.86. The van der Waals surface area contributed by atoms with Crippen LogP contribution >= 0.6 is 0 Å². The van der Waals surface area contributed by atoms with Gasteiger partial charge in [0.05, 0.1) is 12.5 Å². The van der Waals surface area contributed by atoms with Gasteiger partial charge in [-0.1, -0.05) is 0 Å². The number of nitrogens with two attached hydrogens (primary N) is 1. The summed E-state index contributed by atoms with van der Waals surface area (Å²) in [5, 5.41) is 5.69. The molecule has 1 fully saturated rings. The van der Waals surface area contributed by atoms with Crippen LogP contribution in [-0.2, 0) is 18.3 Å². The Morgan fingerprint density at radius 2 is 1.96 bits per heavy atom. The molecule has 0 saturated carbocycles. The van der Waals surface area contributed by atoms with E-state index in [1.54, 1.807) is 0 Å². The van der Waals surface area contributed by atoms with Crippen LogP contribution in [0.1, 0.15) is 24.7 Å². The predicted octanol–water partition coefficient (Wildman–Crippen LogP) is 1.13. The maximum atomic E-state index is 11.3. The smallest absolute Gasteiger partial charge is 0.225 e. The van der Waals surface area contributed by atoms with Crippen molar-refractivity contribution in [2.24, 2.45) is 12.8 Å². The number of aryl methyl sites for hydroxylation is 1. The van der Waals surface area contributed by atoms with Crippen molar-refractivity contribution in [3.8, 4) is 11.5 Å². The van der Waals surface area contributed by atoms with Gasteiger partial charge < -0.3 is 15.2 Å². The van der Waals surface area contributed by atoms with Crippen molar-refractivity contribution < 1.29 is 4.79 Å². The lowest BCUT2D eigenvalue weighted by Crippen LogP contribution is -2.32. The van der Waals surface area contributed by atoms with Crippen LogP contribution in [0.25, 0.3) is 22.6 Å². The highest BCUT2D eigenvalue weighted by molar-refractivity contribution is 5.79. The summed E-state index contributed by atoms with van der Waals surface area (Å²) >= 11 is 0. The van der Waals surface area contributed by atoms with Crippen molar-refractivity contribution in [3.05, 3.63) is 30.2 Å². The summed E-state index contributed by atoms with van der Waals surface area (Å²) in [6.07, 6.45) is 4.02. The zero-order valence-corrected chi connectivity index (χ0v) is 15.1. The van der Waals surface area contributed by atoms with Gasteiger partial charge in [-0.05, 0) is 51.2 Å². The minimum absolute atomic E-state index is 0.0407. The van der Waals surface area contributed by atoms with E-state index >= 15 is 0 Å². The fourth-order valence-electron chi connectivity index (χ4n) is 3.53. The Morgan fingerprint density at radius 3 is 2.69 bits per heavy atom. The minimum Gasteiger partial charge on any atom is -0.369 e. The maximum Gasteiger partial charge on any atom is 0.225 e. The number of primary amides is 1. The van der Waals surface area contributed by atoms with Crippen molar-refractivity contribution in [3.63, 3.8) is 0 Å². The second-order valence-corrected chi connectivity index (χ2v) is 7.01. The summed E-state index contributed by atoms with van der Waals surface area (Å²) < 4.78 is 3.93. The number of hydrogen-bond acceptors (Lipinski definition) is 5. The van der Waals surface area contributed by atoms with Crippen LogP contribution in [0, 0.1) is 0 Å². The third kappa shape index (κ3) is 3.08. The lowest BCUT2D eigenvalue weighted by Gasteiger charge is -2.29. The molecule has 4 rings (SSSR count). The third-order valence-electron chi connectivity index (χ3n) is 4.99. The molecule has 136 valence electrons. The Hall–Kier alpha value is -2.74. The highest BCUT2D eigenvalue weighted by Crippen LogP contribution is 2.27. The van der Waals surface area contributed by atoms with Gasteiger partial charge in [-0.25, -0.2) is 14.6 Å². The minimum atomic E-state index is -0.428. The predicted molar refractivity (Wildman–Crippen MR) is 98.4 cm³/mol. The molecule has 0 unspecified atom stereocenters. The molecule has 0 aliphatic carbocycles. The number of carbonyl (C=O) groups excluding carboxylic acids is 1. The van der Waals surface area contributed by atoms with Crippen LogP contribution < -0.4 is 5.73 Å². The average Bonchev–Trinajstić information content (AvgIpc) is 3.19. The fraction of sp³-hybridized carbons (Fsp3) is 0.444. The molecule has 1 amide bonds. The van der Waals surface area contributed by atoms with E-state index in [0.29, 0.717) is 11.6 Å². The number of piperidine rings is 1. The zero-order valence-electron chi connectivity index (χ0n) is 15.1. The van der Waals surface area contributed by atoms with E-state index < -0.39 is 5.91 Å². The number of nitrogens with zero attached hydrogens (tertiary/aromatic N) is 6. The summed E-state index contributed by atoms with van der Waals surface area (Å²) in [4.78, 5) is 23.0. The van der Waals surface area contributed by atoms with Gasteiger partial charge in [-0.2, -0.15) is 5.10 Å². The molecule has 1 saturated heterocycles. The molecule has 2 N–H and O–H groups in total. The van der Waals surface area contributed by atoms with E-state index in [2.05, 4.69) is 22.0 Å². The number of likely N-dealkylation sites (tertiary alicyclic amines) is 1. The highest BCUT2D eigenvalue weighted by atomic mass is 16.1. The van der Waals surface area contributed by atoms with Crippen molar-refractivity contribution in [2.75, 3.05) is 20.1 Å². The van der Waals surface area contributed by atoms with Gasteiger partial charge in [-0.3, -0.25) is 4.79 Å². The number of aromatic nitrogens is 5. The average molecular weight is 353 g/mol. The lowest BCUT2D eigenvalue weighted by molar-refractivity contribution is -0.117. The largest absolute Gasteiger partial charge is 0.369 e. The molecule has 0 spiro atoms. The van der Waals surface area contributed by atoms with E-state index in [4.69, 9.17) is 10.7 Å². The third-order valence-corrected chi connectivity index (χ3v) is 4.99. The monoisotopic (exact) mass is 353 g/mol. The molecule has 1 aliphatic rings. The quantitative estimate of drug-likeness (QED) is 0.758. The Labute approximate surface area is 151 Å². The molecule has 0 radical (unpaired) electrons. The van der Waals surface area contributed by atoms with E-state index in [9.17, 15) is 4.79 Å². The molecule has 0 atom stereocenters.